The van der Waals surface area contributed by atoms with E-state index in [0.717, 1.165) is 24.4 Å². The average molecular weight is 276 g/mol. The SMILES string of the molecule is COc1ccc(C(=O)CN(C)CC2CCN(C)C2)cc1. The van der Waals surface area contributed by atoms with Crippen LogP contribution in [-0.2, 0) is 0 Å². The number of Topliss-reactive ketones (excluding diaryl/α,β-unsaturated/α-hetero) is 1. The number of hydrogen-bond donors (Lipinski definition) is 0. The minimum Gasteiger partial charge on any atom is -0.497 e. The number of likely N-dealkylation sites (N-methyl/N-ethyl adjacent to an activating group) is 1. The molecule has 0 spiro atoms. The van der Waals surface area contributed by atoms with Crippen LogP contribution in [0.25, 0.3) is 0 Å². The van der Waals surface area contributed by atoms with Crippen LogP contribution in [0.3, 0.4) is 0 Å². The minimum atomic E-state index is 0.168. The molecule has 1 heterocycles. The molecule has 1 saturated heterocycles. The normalized spacial score (nSPS) is 19.5. The topological polar surface area (TPSA) is 32.8 Å². The van der Waals surface area contributed by atoms with Crippen LogP contribution in [0.2, 0.25) is 0 Å². The summed E-state index contributed by atoms with van der Waals surface area (Å²) in [5.41, 5.74) is 0.751. The van der Waals surface area contributed by atoms with Crippen molar-refractivity contribution in [2.75, 3.05) is 47.4 Å². The molecule has 1 fully saturated rings. The number of carbonyl (C=O) groups excluding carboxylic acids is 1. The summed E-state index contributed by atoms with van der Waals surface area (Å²) in [4.78, 5) is 16.7. The predicted molar refractivity (Wildman–Crippen MR) is 80.4 cm³/mol. The quantitative estimate of drug-likeness (QED) is 0.741. The third-order valence-electron chi connectivity index (χ3n) is 3.88. The van der Waals surface area contributed by atoms with Crippen LogP contribution in [0.15, 0.2) is 24.3 Å². The summed E-state index contributed by atoms with van der Waals surface area (Å²) in [6.07, 6.45) is 1.23. The molecule has 2 rings (SSSR count). The fourth-order valence-electron chi connectivity index (χ4n) is 2.79. The molecule has 0 aliphatic carbocycles. The second-order valence-corrected chi connectivity index (χ2v) is 5.77. The number of hydrogen-bond acceptors (Lipinski definition) is 4. The van der Waals surface area contributed by atoms with E-state index in [-0.39, 0.29) is 5.78 Å². The van der Waals surface area contributed by atoms with Gasteiger partial charge in [0, 0.05) is 18.7 Å². The van der Waals surface area contributed by atoms with Crippen molar-refractivity contribution in [3.8, 4) is 5.75 Å². The number of methoxy groups -OCH3 is 1. The number of ether oxygens (including phenoxy) is 1. The maximum atomic E-state index is 12.2. The summed E-state index contributed by atoms with van der Waals surface area (Å²) in [6.45, 7) is 3.78. The zero-order valence-corrected chi connectivity index (χ0v) is 12.6. The second-order valence-electron chi connectivity index (χ2n) is 5.77. The monoisotopic (exact) mass is 276 g/mol. The number of carbonyl (C=O) groups is 1. The van der Waals surface area contributed by atoms with Crippen molar-refractivity contribution in [1.82, 2.24) is 9.80 Å². The van der Waals surface area contributed by atoms with Gasteiger partial charge in [-0.05, 0) is 57.2 Å². The number of ketones is 1. The van der Waals surface area contributed by atoms with E-state index >= 15 is 0 Å². The Hall–Kier alpha value is -1.39. The molecule has 1 aromatic carbocycles. The first-order chi connectivity index (χ1) is 9.58. The summed E-state index contributed by atoms with van der Waals surface area (Å²) in [7, 11) is 5.81. The van der Waals surface area contributed by atoms with E-state index in [1.807, 2.05) is 31.3 Å². The molecule has 0 aromatic heterocycles. The van der Waals surface area contributed by atoms with Gasteiger partial charge in [-0.2, -0.15) is 0 Å². The second kappa shape index (κ2) is 6.86. The Morgan fingerprint density at radius 1 is 1.40 bits per heavy atom. The molecule has 0 radical (unpaired) electrons. The Bertz CT molecular complexity index is 444. The van der Waals surface area contributed by atoms with Crippen LogP contribution < -0.4 is 4.74 Å². The van der Waals surface area contributed by atoms with Crippen molar-refractivity contribution in [3.63, 3.8) is 0 Å². The molecule has 4 heteroatoms. The molecular weight excluding hydrogens is 252 g/mol. The molecule has 0 saturated carbocycles. The van der Waals surface area contributed by atoms with E-state index < -0.39 is 0 Å². The van der Waals surface area contributed by atoms with Gasteiger partial charge < -0.3 is 9.64 Å². The van der Waals surface area contributed by atoms with E-state index in [0.29, 0.717) is 12.5 Å². The summed E-state index contributed by atoms with van der Waals surface area (Å²) in [6, 6.07) is 7.33. The van der Waals surface area contributed by atoms with Crippen LogP contribution in [0.4, 0.5) is 0 Å². The third kappa shape index (κ3) is 4.05. The number of likely N-dealkylation sites (tertiary alicyclic amines) is 1. The third-order valence-corrected chi connectivity index (χ3v) is 3.88. The first-order valence-electron chi connectivity index (χ1n) is 7.13. The predicted octanol–water partition coefficient (Wildman–Crippen LogP) is 1.76. The zero-order valence-electron chi connectivity index (χ0n) is 12.6. The largest absolute Gasteiger partial charge is 0.497 e. The van der Waals surface area contributed by atoms with Crippen LogP contribution >= 0.6 is 0 Å². The lowest BCUT2D eigenvalue weighted by molar-refractivity contribution is 0.0938. The van der Waals surface area contributed by atoms with Crippen molar-refractivity contribution in [1.29, 1.82) is 0 Å². The van der Waals surface area contributed by atoms with Gasteiger partial charge >= 0.3 is 0 Å². The smallest absolute Gasteiger partial charge is 0.176 e. The molecule has 1 atom stereocenters. The van der Waals surface area contributed by atoms with Gasteiger partial charge in [-0.25, -0.2) is 0 Å². The van der Waals surface area contributed by atoms with E-state index in [2.05, 4.69) is 16.8 Å². The molecule has 110 valence electrons. The summed E-state index contributed by atoms with van der Waals surface area (Å²) >= 11 is 0. The van der Waals surface area contributed by atoms with Gasteiger partial charge in [0.25, 0.3) is 0 Å². The van der Waals surface area contributed by atoms with Gasteiger partial charge in [-0.15, -0.1) is 0 Å². The lowest BCUT2D eigenvalue weighted by Gasteiger charge is -2.20. The molecule has 0 amide bonds. The first-order valence-corrected chi connectivity index (χ1v) is 7.13. The minimum absolute atomic E-state index is 0.168. The van der Waals surface area contributed by atoms with Crippen LogP contribution in [0, 0.1) is 5.92 Å². The van der Waals surface area contributed by atoms with E-state index in [9.17, 15) is 4.79 Å². The van der Waals surface area contributed by atoms with Gasteiger partial charge in [0.1, 0.15) is 5.75 Å². The Labute approximate surface area is 121 Å². The van der Waals surface area contributed by atoms with Gasteiger partial charge in [0.15, 0.2) is 5.78 Å². The van der Waals surface area contributed by atoms with Gasteiger partial charge in [0.05, 0.1) is 13.7 Å². The standard InChI is InChI=1S/C16H24N2O2/c1-17-9-8-13(10-17)11-18(2)12-16(19)14-4-6-15(20-3)7-5-14/h4-7,13H,8-12H2,1-3H3. The Balaban J connectivity index is 1.83. The lowest BCUT2D eigenvalue weighted by Crippen LogP contribution is -2.31. The molecule has 0 N–H and O–H groups in total. The molecule has 0 bridgehead atoms. The molecule has 1 aliphatic rings. The van der Waals surface area contributed by atoms with E-state index in [1.165, 1.54) is 13.0 Å². The lowest BCUT2D eigenvalue weighted by atomic mass is 10.1. The maximum Gasteiger partial charge on any atom is 0.176 e. The maximum absolute atomic E-state index is 12.2. The van der Waals surface area contributed by atoms with E-state index in [1.54, 1.807) is 7.11 Å². The number of benzene rings is 1. The van der Waals surface area contributed by atoms with Crippen molar-refractivity contribution >= 4 is 5.78 Å². The highest BCUT2D eigenvalue weighted by atomic mass is 16.5. The van der Waals surface area contributed by atoms with Crippen LogP contribution in [-0.4, -0.2) is 63.0 Å². The number of rotatable bonds is 6. The molecule has 1 aliphatic heterocycles. The molecule has 1 aromatic rings. The highest BCUT2D eigenvalue weighted by molar-refractivity contribution is 5.97. The van der Waals surface area contributed by atoms with Crippen molar-refractivity contribution in [3.05, 3.63) is 29.8 Å². The van der Waals surface area contributed by atoms with Crippen molar-refractivity contribution < 1.29 is 9.53 Å². The highest BCUT2D eigenvalue weighted by Crippen LogP contribution is 2.16. The zero-order chi connectivity index (χ0) is 14.5. The fraction of sp³-hybridized carbons (Fsp3) is 0.562. The number of nitrogens with zero attached hydrogens (tertiary/aromatic N) is 2. The molecule has 4 nitrogen and oxygen atoms in total. The highest BCUT2D eigenvalue weighted by Gasteiger charge is 2.21. The fourth-order valence-corrected chi connectivity index (χ4v) is 2.79. The Kier molecular flexibility index (Phi) is 5.15. The van der Waals surface area contributed by atoms with Gasteiger partial charge in [-0.1, -0.05) is 0 Å². The van der Waals surface area contributed by atoms with Crippen molar-refractivity contribution in [2.24, 2.45) is 5.92 Å². The molecule has 20 heavy (non-hydrogen) atoms. The van der Waals surface area contributed by atoms with Gasteiger partial charge in [0.2, 0.25) is 0 Å². The summed E-state index contributed by atoms with van der Waals surface area (Å²) < 4.78 is 5.10. The van der Waals surface area contributed by atoms with Crippen molar-refractivity contribution in [2.45, 2.75) is 6.42 Å². The Morgan fingerprint density at radius 3 is 2.65 bits per heavy atom. The summed E-state index contributed by atoms with van der Waals surface area (Å²) in [5, 5.41) is 0. The average Bonchev–Trinajstić information content (AvgIpc) is 2.84. The van der Waals surface area contributed by atoms with Crippen LogP contribution in [0.1, 0.15) is 16.8 Å². The molecular formula is C16H24N2O2. The molecule has 1 unspecified atom stereocenters. The van der Waals surface area contributed by atoms with Gasteiger partial charge in [-0.3, -0.25) is 9.69 Å². The Morgan fingerprint density at radius 2 is 2.10 bits per heavy atom. The van der Waals surface area contributed by atoms with Crippen LogP contribution in [0.5, 0.6) is 5.75 Å². The summed E-state index contributed by atoms with van der Waals surface area (Å²) in [5.74, 6) is 1.64. The van der Waals surface area contributed by atoms with E-state index in [4.69, 9.17) is 4.74 Å². The first kappa shape index (κ1) is 15.0.